The van der Waals surface area contributed by atoms with Crippen LogP contribution in [0.2, 0.25) is 5.02 Å². The Hall–Kier alpha value is -5.78. The minimum absolute atomic E-state index is 0.0121. The maximum atomic E-state index is 13.2. The minimum Gasteiger partial charge on any atom is -0.485 e. The van der Waals surface area contributed by atoms with Gasteiger partial charge >= 0.3 is 0 Å². The smallest absolute Gasteiger partial charge is 0.266 e. The van der Waals surface area contributed by atoms with Crippen LogP contribution in [0, 0.1) is 20.8 Å². The number of carbonyl (C=O) groups excluding carboxylic acids is 6. The fraction of sp³-hybridized carbons (Fsp3) is 0.597. The van der Waals surface area contributed by atoms with Crippen LogP contribution in [0.5, 0.6) is 5.75 Å². The number of benzene rings is 2. The van der Waals surface area contributed by atoms with Gasteiger partial charge in [0.2, 0.25) is 11.8 Å². The summed E-state index contributed by atoms with van der Waals surface area (Å²) < 4.78 is 67.3. The van der Waals surface area contributed by atoms with Gasteiger partial charge in [0.1, 0.15) is 41.0 Å². The minimum atomic E-state index is -1.07. The van der Waals surface area contributed by atoms with E-state index in [1.54, 1.807) is 17.4 Å². The number of piperidine rings is 1. The number of ether oxygens (including phenoxy) is 12. The lowest BCUT2D eigenvalue weighted by molar-refractivity contribution is -0.136. The van der Waals surface area contributed by atoms with E-state index in [0.717, 1.165) is 38.1 Å². The number of ketones is 2. The Morgan fingerprint density at radius 2 is 1.11 bits per heavy atom. The van der Waals surface area contributed by atoms with E-state index in [1.807, 2.05) is 45.0 Å². The molecule has 484 valence electrons. The molecule has 0 aliphatic carbocycles. The molecule has 4 aromatic rings. The van der Waals surface area contributed by atoms with Gasteiger partial charge in [-0.15, -0.1) is 21.5 Å². The number of fused-ring (bicyclic) bond motifs is 4. The number of thiophene rings is 1. The van der Waals surface area contributed by atoms with Crippen molar-refractivity contribution in [3.05, 3.63) is 91.8 Å². The van der Waals surface area contributed by atoms with E-state index in [2.05, 4.69) is 33.9 Å². The Kier molecular flexibility index (Phi) is 32.5. The summed E-state index contributed by atoms with van der Waals surface area (Å²) >= 11 is 7.90. The molecule has 1 N–H and O–H groups in total. The Bertz CT molecular complexity index is 2870. The van der Waals surface area contributed by atoms with Crippen molar-refractivity contribution in [2.75, 3.05) is 152 Å². The molecule has 3 aliphatic rings. The van der Waals surface area contributed by atoms with Crippen LogP contribution < -0.4 is 10.1 Å². The number of aliphatic imine (C=N–C) groups is 1. The fourth-order valence-electron chi connectivity index (χ4n) is 9.30. The van der Waals surface area contributed by atoms with Crippen LogP contribution >= 0.6 is 22.9 Å². The van der Waals surface area contributed by atoms with Gasteiger partial charge in [0.05, 0.1) is 136 Å². The van der Waals surface area contributed by atoms with Crippen molar-refractivity contribution in [1.82, 2.24) is 25.0 Å². The maximum absolute atomic E-state index is 13.2. The number of carbonyl (C=O) groups is 6. The summed E-state index contributed by atoms with van der Waals surface area (Å²) in [5, 5.41) is 12.7. The van der Waals surface area contributed by atoms with Crippen molar-refractivity contribution in [2.24, 2.45) is 4.99 Å². The second kappa shape index (κ2) is 40.1. The quantitative estimate of drug-likeness (QED) is 0.0362. The molecular formula is C62H85ClN6O18S. The highest BCUT2D eigenvalue weighted by molar-refractivity contribution is 7.15. The highest BCUT2D eigenvalue weighted by atomic mass is 35.5. The first-order chi connectivity index (χ1) is 42.8. The highest BCUT2D eigenvalue weighted by Gasteiger charge is 2.46. The van der Waals surface area contributed by atoms with Crippen LogP contribution in [0.3, 0.4) is 0 Å². The predicted octanol–water partition coefficient (Wildman–Crippen LogP) is 6.58. The number of imide groups is 2. The summed E-state index contributed by atoms with van der Waals surface area (Å²) in [6.07, 6.45) is 2.05. The van der Waals surface area contributed by atoms with Gasteiger partial charge in [0, 0.05) is 73.1 Å². The van der Waals surface area contributed by atoms with Crippen LogP contribution in [0.4, 0.5) is 0 Å². The predicted molar refractivity (Wildman–Crippen MR) is 325 cm³/mol. The highest BCUT2D eigenvalue weighted by Crippen LogP contribution is 2.40. The van der Waals surface area contributed by atoms with Crippen molar-refractivity contribution < 1.29 is 85.6 Å². The zero-order chi connectivity index (χ0) is 62.9. The lowest BCUT2D eigenvalue weighted by Crippen LogP contribution is -2.54. The summed E-state index contributed by atoms with van der Waals surface area (Å²) in [7, 11) is 0. The molecule has 0 spiro atoms. The average Bonchev–Trinajstić information content (AvgIpc) is 1.65. The number of nitrogens with zero attached hydrogens (tertiary/aromatic N) is 5. The molecule has 26 heteroatoms. The van der Waals surface area contributed by atoms with E-state index >= 15 is 0 Å². The van der Waals surface area contributed by atoms with Crippen LogP contribution in [0.15, 0.2) is 47.5 Å². The zero-order valence-corrected chi connectivity index (χ0v) is 52.9. The molecule has 2 aromatic heterocycles. The summed E-state index contributed by atoms with van der Waals surface area (Å²) in [6, 6.07) is 10.7. The number of amides is 4. The SMILES string of the molecule is CCOCCOCCOCCOCCCC(=O)COc1cccc2c1C(=O)N(C1CCC(=O)NC1=O)C2=O.CCOCCOCCOCCOCCOCCOCCOCCCC(=O)C[C@@H]1N=C(c2ccc(Cl)cc2)c2c(sc(C)c2C)-n2c(C)nnc21. The van der Waals surface area contributed by atoms with Gasteiger partial charge in [-0.3, -0.25) is 48.5 Å². The summed E-state index contributed by atoms with van der Waals surface area (Å²) in [5.41, 5.74) is 4.11. The first-order valence-corrected chi connectivity index (χ1v) is 31.3. The number of Topliss-reactive ketones (excluding diaryl/α,β-unsaturated/α-hetero) is 2. The molecule has 3 aliphatic heterocycles. The topological polar surface area (TPSA) is 272 Å². The van der Waals surface area contributed by atoms with Crippen LogP contribution in [-0.2, 0) is 71.3 Å². The maximum Gasteiger partial charge on any atom is 0.266 e. The van der Waals surface area contributed by atoms with Gasteiger partial charge in [-0.1, -0.05) is 29.8 Å². The normalized spacial score (nSPS) is 15.3. The van der Waals surface area contributed by atoms with Crippen molar-refractivity contribution in [2.45, 2.75) is 91.6 Å². The van der Waals surface area contributed by atoms with E-state index < -0.39 is 35.7 Å². The zero-order valence-electron chi connectivity index (χ0n) is 51.3. The van der Waals surface area contributed by atoms with Gasteiger partial charge < -0.3 is 56.8 Å². The second-order valence-electron chi connectivity index (χ2n) is 20.2. The lowest BCUT2D eigenvalue weighted by atomic mass is 9.99. The number of aryl methyl sites for hydroxylation is 2. The molecule has 4 amide bonds. The van der Waals surface area contributed by atoms with Gasteiger partial charge in [-0.2, -0.15) is 0 Å². The van der Waals surface area contributed by atoms with Crippen molar-refractivity contribution in [1.29, 1.82) is 0 Å². The Balaban J connectivity index is 0.000000292. The summed E-state index contributed by atoms with van der Waals surface area (Å²) in [6.45, 7) is 21.1. The third-order valence-corrected chi connectivity index (χ3v) is 15.3. The number of aromatic nitrogens is 3. The standard InChI is InChI=1S/C36H51ClN4O8S.C26H34N2O10/c1-5-43-13-14-45-17-18-47-21-22-49-24-23-48-20-19-46-16-15-44-12-6-7-31(42)25-32-35-40-39-28(4)41(35)36-33(26(2)27(3)50-36)34(38-32)29-8-10-30(37)11-9-29;1-2-34-11-12-36-15-16-37-14-13-35-10-4-5-18(29)17-38-21-7-3-6-19-23(21)26(33)28(25(19)32)20-8-9-22(30)27-24(20)31/h8-11,32H,5-7,12-25H2,1-4H3;3,6-7,20H,2,4-5,8-17H2,1H3,(H,27,30,31)/t32-;/m0./s1. The summed E-state index contributed by atoms with van der Waals surface area (Å²) in [5.74, 6) is -0.988. The first-order valence-electron chi connectivity index (χ1n) is 30.1. The van der Waals surface area contributed by atoms with Crippen LogP contribution in [-0.4, -0.2) is 219 Å². The molecular weight excluding hydrogens is 1180 g/mol. The Morgan fingerprint density at radius 1 is 0.614 bits per heavy atom. The monoisotopic (exact) mass is 1270 g/mol. The molecule has 0 saturated carbocycles. The molecule has 1 saturated heterocycles. The van der Waals surface area contributed by atoms with Gasteiger partial charge in [-0.25, -0.2) is 0 Å². The molecule has 2 aromatic carbocycles. The molecule has 0 radical (unpaired) electrons. The molecule has 88 heavy (non-hydrogen) atoms. The Morgan fingerprint density at radius 3 is 1.62 bits per heavy atom. The number of halogens is 1. The van der Waals surface area contributed by atoms with E-state index in [0.29, 0.717) is 175 Å². The molecule has 1 fully saturated rings. The first kappa shape index (κ1) is 71.3. The molecule has 2 atom stereocenters. The van der Waals surface area contributed by atoms with E-state index in [4.69, 9.17) is 73.4 Å². The molecule has 1 unspecified atom stereocenters. The third-order valence-electron chi connectivity index (χ3n) is 13.8. The Labute approximate surface area is 523 Å². The van der Waals surface area contributed by atoms with Gasteiger partial charge in [0.25, 0.3) is 11.8 Å². The average molecular weight is 1270 g/mol. The number of hydrogen-bond donors (Lipinski definition) is 1. The molecule has 7 rings (SSSR count). The largest absolute Gasteiger partial charge is 0.485 e. The second-order valence-corrected chi connectivity index (χ2v) is 21.9. The van der Waals surface area contributed by atoms with E-state index in [1.165, 1.54) is 17.0 Å². The number of rotatable bonds is 44. The van der Waals surface area contributed by atoms with Gasteiger partial charge in [-0.05, 0) is 83.7 Å². The number of nitrogens with one attached hydrogen (secondary N) is 1. The van der Waals surface area contributed by atoms with Crippen molar-refractivity contribution in [3.63, 3.8) is 0 Å². The molecule has 24 nitrogen and oxygen atoms in total. The van der Waals surface area contributed by atoms with Gasteiger partial charge in [0.15, 0.2) is 11.6 Å². The van der Waals surface area contributed by atoms with Crippen LogP contribution in [0.25, 0.3) is 5.00 Å². The molecule has 5 heterocycles. The van der Waals surface area contributed by atoms with E-state index in [-0.39, 0.29) is 60.7 Å². The van der Waals surface area contributed by atoms with Crippen molar-refractivity contribution >= 4 is 63.8 Å². The third kappa shape index (κ3) is 22.9. The van der Waals surface area contributed by atoms with Crippen LogP contribution in [0.1, 0.15) is 119 Å². The van der Waals surface area contributed by atoms with Crippen molar-refractivity contribution in [3.8, 4) is 10.8 Å². The van der Waals surface area contributed by atoms with E-state index in [9.17, 15) is 28.8 Å². The molecule has 0 bridgehead atoms. The fourth-order valence-corrected chi connectivity index (χ4v) is 10.6. The summed E-state index contributed by atoms with van der Waals surface area (Å²) in [4.78, 5) is 82.3. The number of hydrogen-bond acceptors (Lipinski definition) is 22. The lowest BCUT2D eigenvalue weighted by Gasteiger charge is -2.27.